The summed E-state index contributed by atoms with van der Waals surface area (Å²) in [6.07, 6.45) is 2.31. The van der Waals surface area contributed by atoms with Crippen molar-refractivity contribution in [3.05, 3.63) is 48.0 Å². The van der Waals surface area contributed by atoms with Gasteiger partial charge in [0.15, 0.2) is 0 Å². The average molecular weight is 255 g/mol. The molecule has 0 fully saturated rings. The third-order valence-electron chi connectivity index (χ3n) is 2.87. The van der Waals surface area contributed by atoms with Crippen molar-refractivity contribution in [2.24, 2.45) is 0 Å². The number of hydrogen-bond donors (Lipinski definition) is 2. The monoisotopic (exact) mass is 255 g/mol. The van der Waals surface area contributed by atoms with Crippen LogP contribution in [0.3, 0.4) is 0 Å². The molecule has 0 saturated carbocycles. The van der Waals surface area contributed by atoms with Crippen LogP contribution in [-0.2, 0) is 6.42 Å². The summed E-state index contributed by atoms with van der Waals surface area (Å²) in [5.74, 6) is 1.76. The van der Waals surface area contributed by atoms with E-state index < -0.39 is 0 Å². The van der Waals surface area contributed by atoms with Gasteiger partial charge in [-0.15, -0.1) is 0 Å². The van der Waals surface area contributed by atoms with Crippen LogP contribution in [0.2, 0.25) is 0 Å². The standard InChI is InChI=1S/C16H21N3/c1-3-6-13-9-11-14(12-10-13)18-16-8-5-7-15(19-16)17-4-2/h5,7-12H,3-4,6H2,1-2H3,(H2,17,18,19). The van der Waals surface area contributed by atoms with Crippen LogP contribution in [0.1, 0.15) is 25.8 Å². The Morgan fingerprint density at radius 1 is 0.947 bits per heavy atom. The summed E-state index contributed by atoms with van der Waals surface area (Å²) in [7, 11) is 0. The Morgan fingerprint density at radius 2 is 1.68 bits per heavy atom. The van der Waals surface area contributed by atoms with Crippen molar-refractivity contribution < 1.29 is 0 Å². The molecule has 1 aromatic heterocycles. The third-order valence-corrected chi connectivity index (χ3v) is 2.87. The van der Waals surface area contributed by atoms with Crippen molar-refractivity contribution in [3.8, 4) is 0 Å². The Hall–Kier alpha value is -2.03. The second-order valence-corrected chi connectivity index (χ2v) is 4.51. The number of aromatic nitrogens is 1. The van der Waals surface area contributed by atoms with Crippen LogP contribution in [0.15, 0.2) is 42.5 Å². The van der Waals surface area contributed by atoms with Gasteiger partial charge in [-0.2, -0.15) is 0 Å². The van der Waals surface area contributed by atoms with Gasteiger partial charge in [0.2, 0.25) is 0 Å². The maximum absolute atomic E-state index is 4.49. The lowest BCUT2D eigenvalue weighted by Gasteiger charge is -2.08. The number of benzene rings is 1. The molecule has 1 aromatic carbocycles. The first-order valence-electron chi connectivity index (χ1n) is 6.88. The molecule has 0 unspecified atom stereocenters. The van der Waals surface area contributed by atoms with Gasteiger partial charge in [0.1, 0.15) is 11.6 Å². The molecule has 0 bridgehead atoms. The van der Waals surface area contributed by atoms with Crippen LogP contribution in [0.4, 0.5) is 17.3 Å². The third kappa shape index (κ3) is 3.98. The molecule has 0 saturated heterocycles. The fourth-order valence-electron chi connectivity index (χ4n) is 1.98. The van der Waals surface area contributed by atoms with E-state index in [1.54, 1.807) is 0 Å². The minimum Gasteiger partial charge on any atom is -0.370 e. The summed E-state index contributed by atoms with van der Waals surface area (Å²) in [4.78, 5) is 4.49. The summed E-state index contributed by atoms with van der Waals surface area (Å²) in [6.45, 7) is 5.14. The summed E-state index contributed by atoms with van der Waals surface area (Å²) in [5, 5.41) is 6.53. The SMILES string of the molecule is CCCc1ccc(Nc2cccc(NCC)n2)cc1. The second kappa shape index (κ2) is 6.78. The van der Waals surface area contributed by atoms with Crippen LogP contribution in [0, 0.1) is 0 Å². The van der Waals surface area contributed by atoms with E-state index in [1.165, 1.54) is 12.0 Å². The largest absolute Gasteiger partial charge is 0.370 e. The molecule has 2 rings (SSSR count). The predicted octanol–water partition coefficient (Wildman–Crippen LogP) is 4.21. The van der Waals surface area contributed by atoms with Crippen LogP contribution < -0.4 is 10.6 Å². The van der Waals surface area contributed by atoms with Crippen molar-refractivity contribution in [1.29, 1.82) is 0 Å². The molecule has 0 aliphatic rings. The zero-order chi connectivity index (χ0) is 13.5. The number of nitrogens with zero attached hydrogens (tertiary/aromatic N) is 1. The second-order valence-electron chi connectivity index (χ2n) is 4.51. The molecule has 0 amide bonds. The topological polar surface area (TPSA) is 37.0 Å². The van der Waals surface area contributed by atoms with E-state index in [9.17, 15) is 0 Å². The smallest absolute Gasteiger partial charge is 0.132 e. The van der Waals surface area contributed by atoms with E-state index >= 15 is 0 Å². The molecular weight excluding hydrogens is 234 g/mol. The Balaban J connectivity index is 2.05. The molecule has 19 heavy (non-hydrogen) atoms. The van der Waals surface area contributed by atoms with Gasteiger partial charge in [0.25, 0.3) is 0 Å². The lowest BCUT2D eigenvalue weighted by Crippen LogP contribution is -2.01. The fraction of sp³-hybridized carbons (Fsp3) is 0.312. The van der Waals surface area contributed by atoms with Crippen molar-refractivity contribution in [1.82, 2.24) is 4.98 Å². The van der Waals surface area contributed by atoms with Crippen molar-refractivity contribution in [3.63, 3.8) is 0 Å². The van der Waals surface area contributed by atoms with Crippen LogP contribution in [0.5, 0.6) is 0 Å². The summed E-state index contributed by atoms with van der Waals surface area (Å²) < 4.78 is 0. The summed E-state index contributed by atoms with van der Waals surface area (Å²) in [5.41, 5.74) is 2.45. The van der Waals surface area contributed by atoms with Crippen LogP contribution >= 0.6 is 0 Å². The quantitative estimate of drug-likeness (QED) is 0.812. The van der Waals surface area contributed by atoms with Gasteiger partial charge in [0.05, 0.1) is 0 Å². The Bertz CT molecular complexity index is 506. The van der Waals surface area contributed by atoms with Gasteiger partial charge < -0.3 is 10.6 Å². The lowest BCUT2D eigenvalue weighted by atomic mass is 10.1. The van der Waals surface area contributed by atoms with E-state index in [4.69, 9.17) is 0 Å². The summed E-state index contributed by atoms with van der Waals surface area (Å²) >= 11 is 0. The molecule has 0 atom stereocenters. The maximum atomic E-state index is 4.49. The van der Waals surface area contributed by atoms with Gasteiger partial charge in [-0.25, -0.2) is 4.98 Å². The van der Waals surface area contributed by atoms with E-state index in [0.29, 0.717) is 0 Å². The van der Waals surface area contributed by atoms with Crippen LogP contribution in [0.25, 0.3) is 0 Å². The zero-order valence-corrected chi connectivity index (χ0v) is 11.6. The van der Waals surface area contributed by atoms with Gasteiger partial charge in [-0.1, -0.05) is 31.5 Å². The van der Waals surface area contributed by atoms with E-state index in [1.807, 2.05) is 18.2 Å². The lowest BCUT2D eigenvalue weighted by molar-refractivity contribution is 0.922. The van der Waals surface area contributed by atoms with E-state index in [0.717, 1.165) is 30.3 Å². The van der Waals surface area contributed by atoms with E-state index in [-0.39, 0.29) is 0 Å². The first-order valence-corrected chi connectivity index (χ1v) is 6.88. The molecule has 100 valence electrons. The zero-order valence-electron chi connectivity index (χ0n) is 11.6. The first-order chi connectivity index (χ1) is 9.31. The first kappa shape index (κ1) is 13.4. The minimum absolute atomic E-state index is 0.863. The minimum atomic E-state index is 0.863. The highest BCUT2D eigenvalue weighted by atomic mass is 15.1. The molecule has 0 aliphatic heterocycles. The van der Waals surface area contributed by atoms with Crippen molar-refractivity contribution >= 4 is 17.3 Å². The molecule has 1 heterocycles. The number of rotatable bonds is 6. The van der Waals surface area contributed by atoms with Crippen molar-refractivity contribution in [2.75, 3.05) is 17.2 Å². The normalized spacial score (nSPS) is 10.2. The highest BCUT2D eigenvalue weighted by Crippen LogP contribution is 2.17. The number of pyridine rings is 1. The van der Waals surface area contributed by atoms with Crippen LogP contribution in [-0.4, -0.2) is 11.5 Å². The molecule has 0 radical (unpaired) electrons. The van der Waals surface area contributed by atoms with Gasteiger partial charge in [-0.05, 0) is 43.2 Å². The molecular formula is C16H21N3. The van der Waals surface area contributed by atoms with Gasteiger partial charge >= 0.3 is 0 Å². The molecule has 0 aliphatic carbocycles. The average Bonchev–Trinajstić information content (AvgIpc) is 2.42. The molecule has 3 nitrogen and oxygen atoms in total. The predicted molar refractivity (Wildman–Crippen MR) is 82.1 cm³/mol. The highest BCUT2D eigenvalue weighted by molar-refractivity contribution is 5.58. The van der Waals surface area contributed by atoms with Crippen molar-refractivity contribution in [2.45, 2.75) is 26.7 Å². The number of nitrogens with one attached hydrogen (secondary N) is 2. The molecule has 2 aromatic rings. The Labute approximate surface area is 115 Å². The molecule has 3 heteroatoms. The Morgan fingerprint density at radius 3 is 2.37 bits per heavy atom. The number of hydrogen-bond acceptors (Lipinski definition) is 3. The number of anilines is 3. The molecule has 0 spiro atoms. The maximum Gasteiger partial charge on any atom is 0.132 e. The highest BCUT2D eigenvalue weighted by Gasteiger charge is 1.98. The number of aryl methyl sites for hydroxylation is 1. The fourth-order valence-corrected chi connectivity index (χ4v) is 1.98. The Kier molecular flexibility index (Phi) is 4.78. The summed E-state index contributed by atoms with van der Waals surface area (Å²) in [6, 6.07) is 14.5. The molecule has 2 N–H and O–H groups in total. The van der Waals surface area contributed by atoms with Gasteiger partial charge in [0, 0.05) is 12.2 Å². The van der Waals surface area contributed by atoms with E-state index in [2.05, 4.69) is 53.7 Å². The van der Waals surface area contributed by atoms with Gasteiger partial charge in [-0.3, -0.25) is 0 Å².